The molecule has 1 aliphatic heterocycles. The molecule has 13 N–H and O–H groups in total. The number of primary amides is 1. The van der Waals surface area contributed by atoms with Gasteiger partial charge in [0.05, 0.1) is 44.1 Å². The number of nitrogens with two attached hydrogens (primary N) is 1. The van der Waals surface area contributed by atoms with Gasteiger partial charge in [0.1, 0.15) is 36.3 Å². The lowest BCUT2D eigenvalue weighted by Gasteiger charge is -2.31. The SMILES string of the molecule is CC(C)C[C@H](NC(=O)[C@H](Cc1cnc[nH]1)NC(=O)[C@H](Cc1ccccc1)NC(=O)[C@@H]1CCCN1C(=O)[C@H](Cc1cnc[nH]1)NC(=O)C(C)C)[C@@H](O)CC(=O)N[C@H](C(=O)N[C@@H](Cc1cnc[nH]1)C(=O)NCC(N)=O)C(C)C. The van der Waals surface area contributed by atoms with Crippen LogP contribution in [0.15, 0.2) is 67.9 Å². The summed E-state index contributed by atoms with van der Waals surface area (Å²) in [6.45, 7) is 10.2. The van der Waals surface area contributed by atoms with Crippen LogP contribution in [0.3, 0.4) is 0 Å². The summed E-state index contributed by atoms with van der Waals surface area (Å²) in [5.74, 6) is -6.91. The molecule has 5 rings (SSSR count). The van der Waals surface area contributed by atoms with Gasteiger partial charge in [-0.3, -0.25) is 43.2 Å². The van der Waals surface area contributed by atoms with Gasteiger partial charge in [0.25, 0.3) is 0 Å². The Balaban J connectivity index is 1.31. The van der Waals surface area contributed by atoms with Crippen LogP contribution in [-0.4, -0.2) is 155 Å². The fourth-order valence-electron chi connectivity index (χ4n) is 8.67. The highest BCUT2D eigenvalue weighted by atomic mass is 16.3. The van der Waals surface area contributed by atoms with E-state index in [2.05, 4.69) is 67.1 Å². The highest BCUT2D eigenvalue weighted by molar-refractivity contribution is 5.97. The number of imidazole rings is 3. The van der Waals surface area contributed by atoms with Gasteiger partial charge >= 0.3 is 0 Å². The number of hydrogen-bond acceptors (Lipinski definition) is 13. The first kappa shape index (κ1) is 58.9. The van der Waals surface area contributed by atoms with Crippen LogP contribution in [0, 0.1) is 17.8 Å². The molecule has 76 heavy (non-hydrogen) atoms. The van der Waals surface area contributed by atoms with E-state index in [1.54, 1.807) is 64.2 Å². The maximum Gasteiger partial charge on any atom is 0.246 e. The fourth-order valence-corrected chi connectivity index (χ4v) is 8.67. The molecular formula is C51H73N15O10. The summed E-state index contributed by atoms with van der Waals surface area (Å²) < 4.78 is 0. The molecular weight excluding hydrogens is 983 g/mol. The summed E-state index contributed by atoms with van der Waals surface area (Å²) in [7, 11) is 0. The van der Waals surface area contributed by atoms with E-state index >= 15 is 0 Å². The lowest BCUT2D eigenvalue weighted by molar-refractivity contribution is -0.142. The van der Waals surface area contributed by atoms with Crippen molar-refractivity contribution in [1.29, 1.82) is 0 Å². The van der Waals surface area contributed by atoms with Crippen LogP contribution < -0.4 is 43.0 Å². The summed E-state index contributed by atoms with van der Waals surface area (Å²) in [5.41, 5.74) is 7.46. The third-order valence-corrected chi connectivity index (χ3v) is 12.7. The summed E-state index contributed by atoms with van der Waals surface area (Å²) >= 11 is 0. The Kier molecular flexibility index (Phi) is 22.2. The minimum absolute atomic E-state index is 0.00301. The van der Waals surface area contributed by atoms with Crippen molar-refractivity contribution in [3.8, 4) is 0 Å². The van der Waals surface area contributed by atoms with Gasteiger partial charge in [0.15, 0.2) is 0 Å². The van der Waals surface area contributed by atoms with Crippen LogP contribution in [0.2, 0.25) is 0 Å². The summed E-state index contributed by atoms with van der Waals surface area (Å²) in [6.07, 6.45) is 7.57. The predicted octanol–water partition coefficient (Wildman–Crippen LogP) is -1.26. The fraction of sp³-hybridized carbons (Fsp3) is 0.529. The third kappa shape index (κ3) is 18.2. The highest BCUT2D eigenvalue weighted by Gasteiger charge is 2.40. The number of aromatic nitrogens is 6. The lowest BCUT2D eigenvalue weighted by atomic mass is 9.95. The average molecular weight is 1060 g/mol. The molecule has 1 aromatic carbocycles. The van der Waals surface area contributed by atoms with Crippen molar-refractivity contribution in [2.45, 2.75) is 141 Å². The molecule has 1 saturated heterocycles. The number of aliphatic hydroxyl groups excluding tert-OH is 1. The Morgan fingerprint density at radius 2 is 1.18 bits per heavy atom. The van der Waals surface area contributed by atoms with E-state index in [1.807, 2.05) is 13.8 Å². The molecule has 1 aliphatic rings. The molecule has 0 radical (unpaired) electrons. The second kappa shape index (κ2) is 28.6. The first-order valence-electron chi connectivity index (χ1n) is 25.5. The smallest absolute Gasteiger partial charge is 0.246 e. The second-order valence-corrected chi connectivity index (χ2v) is 20.1. The van der Waals surface area contributed by atoms with E-state index in [-0.39, 0.29) is 56.9 Å². The Hall–Kier alpha value is -7.96. The van der Waals surface area contributed by atoms with Crippen molar-refractivity contribution in [2.24, 2.45) is 23.5 Å². The predicted molar refractivity (Wildman–Crippen MR) is 275 cm³/mol. The number of amides is 9. The van der Waals surface area contributed by atoms with Crippen molar-refractivity contribution in [1.82, 2.24) is 72.0 Å². The van der Waals surface area contributed by atoms with Crippen LogP contribution in [0.1, 0.15) is 89.9 Å². The maximum absolute atomic E-state index is 14.6. The number of nitrogens with zero attached hydrogens (tertiary/aromatic N) is 4. The molecule has 9 amide bonds. The number of benzene rings is 1. The van der Waals surface area contributed by atoms with Gasteiger partial charge in [-0.1, -0.05) is 71.9 Å². The molecule has 4 aromatic rings. The van der Waals surface area contributed by atoms with E-state index < -0.39 is 120 Å². The second-order valence-electron chi connectivity index (χ2n) is 20.1. The number of hydrogen-bond donors (Lipinski definition) is 12. The Morgan fingerprint density at radius 3 is 1.71 bits per heavy atom. The maximum atomic E-state index is 14.6. The van der Waals surface area contributed by atoms with Crippen LogP contribution >= 0.6 is 0 Å². The number of rotatable bonds is 29. The van der Waals surface area contributed by atoms with Gasteiger partial charge in [-0.15, -0.1) is 0 Å². The van der Waals surface area contributed by atoms with Crippen molar-refractivity contribution < 1.29 is 48.3 Å². The number of nitrogens with one attached hydrogen (secondary N) is 10. The van der Waals surface area contributed by atoms with Crippen molar-refractivity contribution >= 4 is 53.2 Å². The quantitative estimate of drug-likeness (QED) is 0.0303. The van der Waals surface area contributed by atoms with E-state index in [0.717, 1.165) is 0 Å². The molecule has 25 heteroatoms. The molecule has 8 atom stereocenters. The summed E-state index contributed by atoms with van der Waals surface area (Å²) in [5, 5.41) is 30.6. The average Bonchev–Trinajstić information content (AvgIpc) is 4.24. The monoisotopic (exact) mass is 1060 g/mol. The zero-order valence-corrected chi connectivity index (χ0v) is 43.8. The van der Waals surface area contributed by atoms with E-state index in [1.165, 1.54) is 36.3 Å². The van der Waals surface area contributed by atoms with Gasteiger partial charge < -0.3 is 67.9 Å². The number of aromatic amines is 3. The van der Waals surface area contributed by atoms with Gasteiger partial charge in [-0.2, -0.15) is 0 Å². The Labute approximate surface area is 440 Å². The minimum atomic E-state index is -1.50. The summed E-state index contributed by atoms with van der Waals surface area (Å²) in [6, 6.07) is 0.884. The van der Waals surface area contributed by atoms with Crippen LogP contribution in [0.25, 0.3) is 0 Å². The van der Waals surface area contributed by atoms with E-state index in [9.17, 15) is 48.3 Å². The number of carbonyl (C=O) groups excluding carboxylic acids is 9. The Bertz CT molecular complexity index is 2540. The molecule has 0 saturated carbocycles. The summed E-state index contributed by atoms with van der Waals surface area (Å²) in [4.78, 5) is 144. The third-order valence-electron chi connectivity index (χ3n) is 12.7. The topological polar surface area (TPSA) is 373 Å². The normalized spacial score (nSPS) is 16.1. The molecule has 412 valence electrons. The van der Waals surface area contributed by atoms with Gasteiger partial charge in [0.2, 0.25) is 53.2 Å². The zero-order chi connectivity index (χ0) is 55.5. The minimum Gasteiger partial charge on any atom is -0.390 e. The van der Waals surface area contributed by atoms with Gasteiger partial charge in [-0.05, 0) is 36.7 Å². The molecule has 0 aliphatic carbocycles. The number of H-pyrrole nitrogens is 3. The standard InChI is InChI=1S/C51H73N15O10/c1-28(2)15-35(41(67)20-43(69)65-44(29(3)4)50(75)63-37(17-32-21-53-25-57-32)46(71)56-24-42(52)68)60-48(73)38(18-33-22-54-26-58-33)61-47(72)36(16-31-11-8-7-9-12-31)62-49(74)40-13-10-14-66(40)51(76)39(64-45(70)30(5)6)19-34-23-55-27-59-34/h7-9,11-12,21-23,25-30,35-41,44,67H,10,13-20,24H2,1-6H3,(H2,52,68)(H,53,57)(H,54,58)(H,55,59)(H,56,71)(H,60,73)(H,61,72)(H,62,74)(H,63,75)(H,64,70)(H,65,69)/t35-,36-,37-,38-,39-,40-,41-,44-/m0/s1. The molecule has 4 heterocycles. The van der Waals surface area contributed by atoms with Crippen molar-refractivity contribution in [3.63, 3.8) is 0 Å². The number of aliphatic hydroxyl groups is 1. The van der Waals surface area contributed by atoms with E-state index in [4.69, 9.17) is 5.73 Å². The van der Waals surface area contributed by atoms with E-state index in [0.29, 0.717) is 29.1 Å². The highest BCUT2D eigenvalue weighted by Crippen LogP contribution is 2.21. The lowest BCUT2D eigenvalue weighted by Crippen LogP contribution is -2.60. The molecule has 0 spiro atoms. The van der Waals surface area contributed by atoms with Crippen molar-refractivity contribution in [3.05, 3.63) is 90.5 Å². The van der Waals surface area contributed by atoms with Gasteiger partial charge in [0, 0.05) is 73.8 Å². The van der Waals surface area contributed by atoms with Gasteiger partial charge in [-0.25, -0.2) is 15.0 Å². The molecule has 25 nitrogen and oxygen atoms in total. The molecule has 1 fully saturated rings. The largest absolute Gasteiger partial charge is 0.390 e. The molecule has 0 unspecified atom stereocenters. The molecule has 0 bridgehead atoms. The first-order valence-corrected chi connectivity index (χ1v) is 25.5. The van der Waals surface area contributed by atoms with Crippen LogP contribution in [-0.2, 0) is 68.8 Å². The van der Waals surface area contributed by atoms with Crippen molar-refractivity contribution in [2.75, 3.05) is 13.1 Å². The Morgan fingerprint density at radius 1 is 0.658 bits per heavy atom. The number of carbonyl (C=O) groups is 9. The first-order chi connectivity index (χ1) is 36.2. The number of likely N-dealkylation sites (tertiary alicyclic amines) is 1. The van der Waals surface area contributed by atoms with Crippen LogP contribution in [0.4, 0.5) is 0 Å². The zero-order valence-electron chi connectivity index (χ0n) is 43.8. The molecule has 3 aromatic heterocycles. The van der Waals surface area contributed by atoms with Crippen LogP contribution in [0.5, 0.6) is 0 Å².